The molecule has 0 bridgehead atoms. The number of benzene rings is 1. The third-order valence-electron chi connectivity index (χ3n) is 4.28. The molecule has 2 aromatic heterocycles. The Hall–Kier alpha value is -1.96. The fourth-order valence-corrected chi connectivity index (χ4v) is 5.54. The summed E-state index contributed by atoms with van der Waals surface area (Å²) in [6, 6.07) is 11.1. The van der Waals surface area contributed by atoms with Gasteiger partial charge in [-0.15, -0.1) is 11.3 Å². The number of aliphatic hydroxyl groups is 1. The van der Waals surface area contributed by atoms with Crippen molar-refractivity contribution in [1.82, 2.24) is 4.98 Å². The second-order valence-electron chi connectivity index (χ2n) is 6.17. The summed E-state index contributed by atoms with van der Waals surface area (Å²) in [5.41, 5.74) is 3.82. The topological polar surface area (TPSA) is 79.3 Å². The molecule has 0 saturated carbocycles. The van der Waals surface area contributed by atoms with Crippen molar-refractivity contribution in [3.05, 3.63) is 53.0 Å². The van der Waals surface area contributed by atoms with Crippen molar-refractivity contribution in [2.45, 2.75) is 30.6 Å². The monoisotopic (exact) mass is 390 g/mol. The van der Waals surface area contributed by atoms with Crippen molar-refractivity contribution in [1.29, 1.82) is 0 Å². The molecule has 5 nitrogen and oxygen atoms in total. The zero-order valence-corrected chi connectivity index (χ0v) is 16.4. The molecular formula is C19H22N2O3S2. The maximum atomic E-state index is 12.3. The van der Waals surface area contributed by atoms with E-state index in [1.165, 1.54) is 11.3 Å². The van der Waals surface area contributed by atoms with Gasteiger partial charge in [0.15, 0.2) is 9.84 Å². The number of thiophene rings is 1. The second-order valence-corrected chi connectivity index (χ2v) is 9.38. The normalized spacial score (nSPS) is 13.0. The Labute approximate surface area is 157 Å². The zero-order chi connectivity index (χ0) is 18.7. The van der Waals surface area contributed by atoms with E-state index in [0.717, 1.165) is 34.3 Å². The summed E-state index contributed by atoms with van der Waals surface area (Å²) < 4.78 is 24.9. The van der Waals surface area contributed by atoms with Crippen molar-refractivity contribution in [3.8, 4) is 0 Å². The van der Waals surface area contributed by atoms with Gasteiger partial charge in [-0.25, -0.2) is 8.42 Å². The van der Waals surface area contributed by atoms with Gasteiger partial charge in [0.05, 0.1) is 17.4 Å². The van der Waals surface area contributed by atoms with E-state index in [2.05, 4.69) is 17.2 Å². The standard InChI is InChI=1S/C19H22N2O3S2/c1-3-15-13(2)21-17-8-5-4-7-16(17)19(15)20-11-14(22)12-26(23,24)18-9-6-10-25-18/h4-10,14,22H,3,11-12H2,1-2H3,(H,20,21). The Bertz CT molecular complexity index is 999. The van der Waals surface area contributed by atoms with Crippen LogP contribution in [0.2, 0.25) is 0 Å². The molecule has 7 heteroatoms. The average molecular weight is 391 g/mol. The maximum Gasteiger partial charge on any atom is 0.190 e. The van der Waals surface area contributed by atoms with Crippen LogP contribution >= 0.6 is 11.3 Å². The van der Waals surface area contributed by atoms with E-state index in [1.807, 2.05) is 31.2 Å². The molecule has 0 aliphatic rings. The lowest BCUT2D eigenvalue weighted by atomic mass is 10.0. The highest BCUT2D eigenvalue weighted by Gasteiger charge is 2.21. The van der Waals surface area contributed by atoms with Crippen LogP contribution < -0.4 is 5.32 Å². The Morgan fingerprint density at radius 3 is 2.69 bits per heavy atom. The number of pyridine rings is 1. The molecule has 26 heavy (non-hydrogen) atoms. The van der Waals surface area contributed by atoms with Gasteiger partial charge in [0.1, 0.15) is 4.21 Å². The minimum absolute atomic E-state index is 0.158. The number of aliphatic hydroxyl groups excluding tert-OH is 1. The minimum atomic E-state index is -3.47. The van der Waals surface area contributed by atoms with Crippen LogP contribution in [0.1, 0.15) is 18.2 Å². The van der Waals surface area contributed by atoms with Crippen LogP contribution in [-0.4, -0.2) is 36.9 Å². The smallest absolute Gasteiger partial charge is 0.190 e. The van der Waals surface area contributed by atoms with Crippen LogP contribution in [-0.2, 0) is 16.3 Å². The van der Waals surface area contributed by atoms with Gasteiger partial charge in [0.2, 0.25) is 0 Å². The molecule has 3 rings (SSSR count). The van der Waals surface area contributed by atoms with E-state index in [-0.39, 0.29) is 16.5 Å². The number of fused-ring (bicyclic) bond motifs is 1. The molecule has 0 aliphatic carbocycles. The lowest BCUT2D eigenvalue weighted by Gasteiger charge is -2.18. The highest BCUT2D eigenvalue weighted by molar-refractivity contribution is 7.93. The fourth-order valence-electron chi connectivity index (χ4n) is 3.06. The van der Waals surface area contributed by atoms with E-state index in [1.54, 1.807) is 17.5 Å². The molecular weight excluding hydrogens is 368 g/mol. The molecule has 0 spiro atoms. The molecule has 0 saturated heterocycles. The van der Waals surface area contributed by atoms with E-state index in [4.69, 9.17) is 0 Å². The van der Waals surface area contributed by atoms with Crippen LogP contribution in [0, 0.1) is 6.92 Å². The third kappa shape index (κ3) is 3.90. The van der Waals surface area contributed by atoms with Crippen LogP contribution in [0.5, 0.6) is 0 Å². The molecule has 3 aromatic rings. The molecule has 0 fully saturated rings. The van der Waals surface area contributed by atoms with Gasteiger partial charge >= 0.3 is 0 Å². The van der Waals surface area contributed by atoms with Gasteiger partial charge in [0, 0.05) is 23.3 Å². The van der Waals surface area contributed by atoms with Gasteiger partial charge in [-0.05, 0) is 36.4 Å². The van der Waals surface area contributed by atoms with E-state index in [0.29, 0.717) is 0 Å². The summed E-state index contributed by atoms with van der Waals surface area (Å²) in [5.74, 6) is -0.302. The number of aryl methyl sites for hydroxylation is 1. The zero-order valence-electron chi connectivity index (χ0n) is 14.8. The third-order valence-corrected chi connectivity index (χ3v) is 7.57. The Morgan fingerprint density at radius 1 is 1.23 bits per heavy atom. The predicted octanol–water partition coefficient (Wildman–Crippen LogP) is 3.41. The number of sulfone groups is 1. The Balaban J connectivity index is 1.81. The highest BCUT2D eigenvalue weighted by Crippen LogP contribution is 2.29. The fraction of sp³-hybridized carbons (Fsp3) is 0.316. The number of aromatic nitrogens is 1. The number of anilines is 1. The quantitative estimate of drug-likeness (QED) is 0.646. The average Bonchev–Trinajstić information content (AvgIpc) is 3.14. The Morgan fingerprint density at radius 2 is 2.00 bits per heavy atom. The van der Waals surface area contributed by atoms with Crippen molar-refractivity contribution >= 4 is 37.8 Å². The lowest BCUT2D eigenvalue weighted by Crippen LogP contribution is -2.28. The van der Waals surface area contributed by atoms with Gasteiger partial charge in [-0.2, -0.15) is 0 Å². The summed E-state index contributed by atoms with van der Waals surface area (Å²) in [6.45, 7) is 4.18. The molecule has 1 unspecified atom stereocenters. The van der Waals surface area contributed by atoms with Gasteiger partial charge in [0.25, 0.3) is 0 Å². The van der Waals surface area contributed by atoms with E-state index >= 15 is 0 Å². The molecule has 1 atom stereocenters. The molecule has 0 aliphatic heterocycles. The van der Waals surface area contributed by atoms with Gasteiger partial charge in [-0.3, -0.25) is 4.98 Å². The first-order chi connectivity index (χ1) is 12.4. The SMILES string of the molecule is CCc1c(C)nc2ccccc2c1NCC(O)CS(=O)(=O)c1cccs1. The Kier molecular flexibility index (Phi) is 5.60. The first kappa shape index (κ1) is 18.8. The van der Waals surface area contributed by atoms with Crippen LogP contribution in [0.25, 0.3) is 10.9 Å². The molecule has 0 amide bonds. The van der Waals surface area contributed by atoms with Gasteiger partial charge < -0.3 is 10.4 Å². The number of rotatable bonds is 7. The number of nitrogens with one attached hydrogen (secondary N) is 1. The summed E-state index contributed by atoms with van der Waals surface area (Å²) in [6.07, 6.45) is -0.200. The predicted molar refractivity (Wildman–Crippen MR) is 107 cm³/mol. The van der Waals surface area contributed by atoms with Crippen molar-refractivity contribution in [2.75, 3.05) is 17.6 Å². The first-order valence-corrected chi connectivity index (χ1v) is 11.0. The van der Waals surface area contributed by atoms with Crippen LogP contribution in [0.3, 0.4) is 0 Å². The second kappa shape index (κ2) is 7.73. The number of nitrogens with zero attached hydrogens (tertiary/aromatic N) is 1. The van der Waals surface area contributed by atoms with Gasteiger partial charge in [-0.1, -0.05) is 31.2 Å². The summed E-state index contributed by atoms with van der Waals surface area (Å²) >= 11 is 1.17. The molecule has 2 N–H and O–H groups in total. The minimum Gasteiger partial charge on any atom is -0.390 e. The summed E-state index contributed by atoms with van der Waals surface area (Å²) in [7, 11) is -3.47. The van der Waals surface area contributed by atoms with Crippen molar-refractivity contribution < 1.29 is 13.5 Å². The van der Waals surface area contributed by atoms with E-state index < -0.39 is 15.9 Å². The first-order valence-electron chi connectivity index (χ1n) is 8.48. The number of hydrogen-bond acceptors (Lipinski definition) is 6. The van der Waals surface area contributed by atoms with Crippen molar-refractivity contribution in [3.63, 3.8) is 0 Å². The molecule has 2 heterocycles. The summed E-state index contributed by atoms with van der Waals surface area (Å²) in [5, 5.41) is 16.3. The van der Waals surface area contributed by atoms with Crippen LogP contribution in [0.15, 0.2) is 46.0 Å². The summed E-state index contributed by atoms with van der Waals surface area (Å²) in [4.78, 5) is 4.63. The number of para-hydroxylation sites is 1. The highest BCUT2D eigenvalue weighted by atomic mass is 32.2. The lowest BCUT2D eigenvalue weighted by molar-refractivity contribution is 0.210. The number of hydrogen-bond donors (Lipinski definition) is 2. The van der Waals surface area contributed by atoms with Crippen LogP contribution in [0.4, 0.5) is 5.69 Å². The molecule has 1 aromatic carbocycles. The molecule has 0 radical (unpaired) electrons. The largest absolute Gasteiger partial charge is 0.390 e. The van der Waals surface area contributed by atoms with Crippen molar-refractivity contribution in [2.24, 2.45) is 0 Å². The maximum absolute atomic E-state index is 12.3. The molecule has 138 valence electrons. The van der Waals surface area contributed by atoms with E-state index in [9.17, 15) is 13.5 Å².